The van der Waals surface area contributed by atoms with Gasteiger partial charge >= 0.3 is 0 Å². The van der Waals surface area contributed by atoms with Gasteiger partial charge in [0.15, 0.2) is 0 Å². The van der Waals surface area contributed by atoms with Crippen molar-refractivity contribution in [1.82, 2.24) is 10.2 Å². The second-order valence-electron chi connectivity index (χ2n) is 6.43. The fourth-order valence-corrected chi connectivity index (χ4v) is 3.29. The number of benzene rings is 2. The van der Waals surface area contributed by atoms with E-state index in [1.807, 2.05) is 48.3 Å². The molecular formula is C21H27ClN2O2. The van der Waals surface area contributed by atoms with Crippen molar-refractivity contribution in [3.05, 3.63) is 54.6 Å². The molecule has 5 heteroatoms. The highest BCUT2D eigenvalue weighted by molar-refractivity contribution is 5.85. The maximum atomic E-state index is 12.4. The number of nitrogens with one attached hydrogen (secondary N) is 1. The van der Waals surface area contributed by atoms with E-state index in [1.165, 1.54) is 0 Å². The van der Waals surface area contributed by atoms with Gasteiger partial charge in [-0.05, 0) is 31.5 Å². The van der Waals surface area contributed by atoms with Gasteiger partial charge in [0.25, 0.3) is 0 Å². The number of likely N-dealkylation sites (N-methyl/N-ethyl adjacent to an activating group) is 1. The van der Waals surface area contributed by atoms with Gasteiger partial charge in [0.2, 0.25) is 5.91 Å². The number of hydrogen-bond acceptors (Lipinski definition) is 3. The Kier molecular flexibility index (Phi) is 7.95. The second kappa shape index (κ2) is 10.2. The van der Waals surface area contributed by atoms with Crippen molar-refractivity contribution in [2.45, 2.75) is 25.3 Å². The summed E-state index contributed by atoms with van der Waals surface area (Å²) in [6, 6.07) is 18.6. The summed E-state index contributed by atoms with van der Waals surface area (Å²) in [6.07, 6.45) is 2.62. The number of nitrogens with zero attached hydrogens (tertiary/aromatic N) is 1. The van der Waals surface area contributed by atoms with Crippen molar-refractivity contribution in [3.63, 3.8) is 0 Å². The van der Waals surface area contributed by atoms with Crippen LogP contribution in [-0.2, 0) is 4.79 Å². The van der Waals surface area contributed by atoms with Crippen LogP contribution in [-0.4, -0.2) is 43.6 Å². The van der Waals surface area contributed by atoms with E-state index >= 15 is 0 Å². The van der Waals surface area contributed by atoms with Crippen LogP contribution in [0.15, 0.2) is 54.6 Å². The average Bonchev–Trinajstić information content (AvgIpc) is 2.69. The Morgan fingerprint density at radius 1 is 1.15 bits per heavy atom. The molecule has 1 unspecified atom stereocenters. The molecule has 0 aliphatic carbocycles. The van der Waals surface area contributed by atoms with Gasteiger partial charge in [0, 0.05) is 24.7 Å². The summed E-state index contributed by atoms with van der Waals surface area (Å²) in [5.74, 6) is 1.00. The van der Waals surface area contributed by atoms with E-state index in [0.717, 1.165) is 42.8 Å². The molecule has 1 N–H and O–H groups in total. The number of ether oxygens (including phenoxy) is 1. The smallest absolute Gasteiger partial charge is 0.226 e. The van der Waals surface area contributed by atoms with Crippen LogP contribution in [0, 0.1) is 0 Å². The predicted octanol–water partition coefficient (Wildman–Crippen LogP) is 3.75. The molecule has 0 aromatic heterocycles. The molecule has 1 aliphatic rings. The molecule has 0 radical (unpaired) electrons. The van der Waals surface area contributed by atoms with E-state index in [1.54, 1.807) is 0 Å². The van der Waals surface area contributed by atoms with Crippen molar-refractivity contribution in [2.24, 2.45) is 0 Å². The Hall–Kier alpha value is -2.04. The maximum Gasteiger partial charge on any atom is 0.226 e. The van der Waals surface area contributed by atoms with Crippen LogP contribution < -0.4 is 10.1 Å². The van der Waals surface area contributed by atoms with Crippen molar-refractivity contribution >= 4 is 18.3 Å². The minimum absolute atomic E-state index is 0. The summed E-state index contributed by atoms with van der Waals surface area (Å²) in [5, 5.41) is 3.27. The zero-order chi connectivity index (χ0) is 17.5. The van der Waals surface area contributed by atoms with Crippen molar-refractivity contribution in [2.75, 3.05) is 26.7 Å². The molecule has 2 aromatic carbocycles. The predicted molar refractivity (Wildman–Crippen MR) is 108 cm³/mol. The lowest BCUT2D eigenvalue weighted by atomic mass is 10.0. The van der Waals surface area contributed by atoms with Crippen molar-refractivity contribution in [3.8, 4) is 16.9 Å². The number of carbonyl (C=O) groups excluding carboxylic acids is 1. The SMILES string of the molecule is CNC1CCCN(C(=O)CCOc2ccccc2-c2ccccc2)C1.Cl. The molecule has 1 saturated heterocycles. The fraction of sp³-hybridized carbons (Fsp3) is 0.381. The van der Waals surface area contributed by atoms with E-state index in [9.17, 15) is 4.79 Å². The first-order valence-corrected chi connectivity index (χ1v) is 9.00. The number of hydrogen-bond donors (Lipinski definition) is 1. The maximum absolute atomic E-state index is 12.4. The third-order valence-electron chi connectivity index (χ3n) is 4.73. The van der Waals surface area contributed by atoms with Gasteiger partial charge in [-0.2, -0.15) is 0 Å². The summed E-state index contributed by atoms with van der Waals surface area (Å²) in [7, 11) is 1.96. The van der Waals surface area contributed by atoms with Crippen molar-refractivity contribution < 1.29 is 9.53 Å². The second-order valence-corrected chi connectivity index (χ2v) is 6.43. The zero-order valence-corrected chi connectivity index (χ0v) is 16.0. The quantitative estimate of drug-likeness (QED) is 0.837. The molecule has 2 aromatic rings. The molecule has 0 bridgehead atoms. The van der Waals surface area contributed by atoms with E-state index < -0.39 is 0 Å². The molecule has 1 atom stereocenters. The Balaban J connectivity index is 0.00000243. The molecule has 26 heavy (non-hydrogen) atoms. The molecular weight excluding hydrogens is 348 g/mol. The molecule has 0 saturated carbocycles. The standard InChI is InChI=1S/C21H26N2O2.ClH/c1-22-18-10-7-14-23(16-18)21(24)13-15-25-20-12-6-5-11-19(20)17-8-3-2-4-9-17;/h2-6,8-9,11-12,18,22H,7,10,13-16H2,1H3;1H. The number of rotatable bonds is 6. The minimum Gasteiger partial charge on any atom is -0.492 e. The summed E-state index contributed by atoms with van der Waals surface area (Å²) >= 11 is 0. The molecule has 0 spiro atoms. The first-order chi connectivity index (χ1) is 12.3. The van der Waals surface area contributed by atoms with Gasteiger partial charge in [-0.3, -0.25) is 4.79 Å². The molecule has 1 amide bonds. The van der Waals surface area contributed by atoms with Crippen LogP contribution in [0.25, 0.3) is 11.1 Å². The number of halogens is 1. The van der Waals surface area contributed by atoms with Gasteiger partial charge in [-0.25, -0.2) is 0 Å². The first-order valence-electron chi connectivity index (χ1n) is 9.00. The fourth-order valence-electron chi connectivity index (χ4n) is 3.29. The average molecular weight is 375 g/mol. The molecule has 3 rings (SSSR count). The monoisotopic (exact) mass is 374 g/mol. The van der Waals surface area contributed by atoms with Crippen LogP contribution in [0.2, 0.25) is 0 Å². The Morgan fingerprint density at radius 3 is 2.65 bits per heavy atom. The van der Waals surface area contributed by atoms with E-state index in [0.29, 0.717) is 19.1 Å². The normalized spacial score (nSPS) is 16.7. The lowest BCUT2D eigenvalue weighted by Crippen LogP contribution is -2.47. The van der Waals surface area contributed by atoms with Crippen LogP contribution in [0.5, 0.6) is 5.75 Å². The molecule has 1 aliphatic heterocycles. The van der Waals surface area contributed by atoms with E-state index in [2.05, 4.69) is 23.5 Å². The Morgan fingerprint density at radius 2 is 1.88 bits per heavy atom. The van der Waals surface area contributed by atoms with Crippen LogP contribution >= 0.6 is 12.4 Å². The number of para-hydroxylation sites is 1. The van der Waals surface area contributed by atoms with E-state index in [-0.39, 0.29) is 18.3 Å². The minimum atomic E-state index is 0. The lowest BCUT2D eigenvalue weighted by molar-refractivity contribution is -0.133. The third-order valence-corrected chi connectivity index (χ3v) is 4.73. The van der Waals surface area contributed by atoms with Gasteiger partial charge in [0.05, 0.1) is 13.0 Å². The highest BCUT2D eigenvalue weighted by atomic mass is 35.5. The molecule has 1 heterocycles. The molecule has 1 fully saturated rings. The van der Waals surface area contributed by atoms with E-state index in [4.69, 9.17) is 4.74 Å². The number of amides is 1. The summed E-state index contributed by atoms with van der Waals surface area (Å²) in [6.45, 7) is 2.07. The van der Waals surface area contributed by atoms with Crippen molar-refractivity contribution in [1.29, 1.82) is 0 Å². The van der Waals surface area contributed by atoms with Gasteiger partial charge in [-0.1, -0.05) is 48.5 Å². The van der Waals surface area contributed by atoms with Gasteiger partial charge < -0.3 is 15.0 Å². The summed E-state index contributed by atoms with van der Waals surface area (Å²) in [5.41, 5.74) is 2.18. The van der Waals surface area contributed by atoms with Crippen LogP contribution in [0.3, 0.4) is 0 Å². The number of piperidine rings is 1. The Labute approximate surface area is 162 Å². The third kappa shape index (κ3) is 5.23. The summed E-state index contributed by atoms with van der Waals surface area (Å²) < 4.78 is 5.94. The Bertz CT molecular complexity index is 693. The van der Waals surface area contributed by atoms with Gasteiger partial charge in [0.1, 0.15) is 5.75 Å². The highest BCUT2D eigenvalue weighted by Gasteiger charge is 2.22. The summed E-state index contributed by atoms with van der Waals surface area (Å²) in [4.78, 5) is 14.4. The lowest BCUT2D eigenvalue weighted by Gasteiger charge is -2.32. The highest BCUT2D eigenvalue weighted by Crippen LogP contribution is 2.29. The topological polar surface area (TPSA) is 41.6 Å². The largest absolute Gasteiger partial charge is 0.492 e. The van der Waals surface area contributed by atoms with Crippen LogP contribution in [0.4, 0.5) is 0 Å². The number of likely N-dealkylation sites (tertiary alicyclic amines) is 1. The molecule has 4 nitrogen and oxygen atoms in total. The first kappa shape index (κ1) is 20.3. The number of carbonyl (C=O) groups is 1. The molecule has 140 valence electrons. The van der Waals surface area contributed by atoms with Gasteiger partial charge in [-0.15, -0.1) is 12.4 Å². The van der Waals surface area contributed by atoms with Crippen LogP contribution in [0.1, 0.15) is 19.3 Å². The zero-order valence-electron chi connectivity index (χ0n) is 15.2.